The highest BCUT2D eigenvalue weighted by atomic mass is 16.7. The molecule has 9 nitrogen and oxygen atoms in total. The van der Waals surface area contributed by atoms with Crippen molar-refractivity contribution in [2.45, 2.75) is 70.9 Å². The summed E-state index contributed by atoms with van der Waals surface area (Å²) in [7, 11) is 0. The second kappa shape index (κ2) is 12.4. The zero-order valence-corrected chi connectivity index (χ0v) is 21.6. The lowest BCUT2D eigenvalue weighted by atomic mass is 10.1. The Bertz CT molecular complexity index is 937. The van der Waals surface area contributed by atoms with E-state index >= 15 is 0 Å². The van der Waals surface area contributed by atoms with Gasteiger partial charge >= 0.3 is 0 Å². The molecule has 36 heavy (non-hydrogen) atoms. The summed E-state index contributed by atoms with van der Waals surface area (Å²) in [5.74, 6) is 2.00. The third kappa shape index (κ3) is 6.90. The Balaban J connectivity index is 1.38. The standard InChI is InChI=1S/C27H40N4O5/c1-19(2)14-26(33)31-13-5-12-30(11-4-3-10-28-27(34)22-16-21(31)17-29-22)25(32)9-7-20-6-8-23-24(15-20)36-18-35-23/h6,8,15,19,21-22,29H,3-5,7,9-14,16-18H2,1-2H3,(H,28,34)/t21-,22-/m0/s1. The van der Waals surface area contributed by atoms with Crippen LogP contribution in [0.1, 0.15) is 57.9 Å². The Hall–Kier alpha value is -2.81. The van der Waals surface area contributed by atoms with E-state index in [4.69, 9.17) is 9.47 Å². The molecule has 0 spiro atoms. The molecule has 198 valence electrons. The van der Waals surface area contributed by atoms with Crippen LogP contribution in [0.4, 0.5) is 0 Å². The molecule has 0 unspecified atom stereocenters. The number of nitrogens with one attached hydrogen (secondary N) is 2. The van der Waals surface area contributed by atoms with Crippen LogP contribution in [0.25, 0.3) is 0 Å². The van der Waals surface area contributed by atoms with Crippen LogP contribution in [0, 0.1) is 5.92 Å². The minimum absolute atomic E-state index is 0.00229. The summed E-state index contributed by atoms with van der Waals surface area (Å²) in [4.78, 5) is 42.7. The number of ether oxygens (including phenoxy) is 2. The van der Waals surface area contributed by atoms with Crippen LogP contribution < -0.4 is 20.1 Å². The minimum atomic E-state index is -0.249. The molecule has 1 aromatic rings. The first-order valence-electron chi connectivity index (χ1n) is 13.4. The normalized spacial score (nSPS) is 22.9. The van der Waals surface area contributed by atoms with Crippen LogP contribution in [0.15, 0.2) is 18.2 Å². The van der Waals surface area contributed by atoms with Crippen molar-refractivity contribution in [1.29, 1.82) is 0 Å². The van der Waals surface area contributed by atoms with Gasteiger partial charge in [0.2, 0.25) is 24.5 Å². The lowest BCUT2D eigenvalue weighted by molar-refractivity contribution is -0.134. The van der Waals surface area contributed by atoms with Gasteiger partial charge in [0.15, 0.2) is 11.5 Å². The summed E-state index contributed by atoms with van der Waals surface area (Å²) in [6, 6.07) is 5.57. The molecule has 0 aromatic heterocycles. The zero-order chi connectivity index (χ0) is 25.5. The average molecular weight is 501 g/mol. The Kier molecular flexibility index (Phi) is 9.07. The van der Waals surface area contributed by atoms with E-state index in [1.165, 1.54) is 0 Å². The monoisotopic (exact) mass is 500 g/mol. The van der Waals surface area contributed by atoms with Gasteiger partial charge in [-0.3, -0.25) is 14.4 Å². The predicted octanol–water partition coefficient (Wildman–Crippen LogP) is 2.08. The molecule has 2 fully saturated rings. The number of benzene rings is 1. The summed E-state index contributed by atoms with van der Waals surface area (Å²) < 4.78 is 10.8. The molecule has 3 amide bonds. The first-order chi connectivity index (χ1) is 17.4. The molecule has 3 aliphatic heterocycles. The maximum absolute atomic E-state index is 13.2. The molecule has 3 aliphatic rings. The van der Waals surface area contributed by atoms with E-state index in [9.17, 15) is 14.4 Å². The van der Waals surface area contributed by atoms with E-state index in [0.29, 0.717) is 58.4 Å². The van der Waals surface area contributed by atoms with Gasteiger partial charge in [-0.05, 0) is 55.7 Å². The highest BCUT2D eigenvalue weighted by molar-refractivity contribution is 5.82. The van der Waals surface area contributed by atoms with E-state index < -0.39 is 0 Å². The van der Waals surface area contributed by atoms with Crippen molar-refractivity contribution in [3.05, 3.63) is 23.8 Å². The van der Waals surface area contributed by atoms with Gasteiger partial charge in [-0.25, -0.2) is 0 Å². The number of fused-ring (bicyclic) bond motifs is 3. The number of rotatable bonds is 5. The van der Waals surface area contributed by atoms with Gasteiger partial charge in [-0.1, -0.05) is 19.9 Å². The maximum atomic E-state index is 13.2. The number of aryl methyl sites for hydroxylation is 1. The summed E-state index contributed by atoms with van der Waals surface area (Å²) >= 11 is 0. The zero-order valence-electron chi connectivity index (χ0n) is 21.6. The molecule has 0 aliphatic carbocycles. The molecule has 2 atom stereocenters. The number of hydrogen-bond donors (Lipinski definition) is 2. The molecular formula is C27H40N4O5. The average Bonchev–Trinajstić information content (AvgIpc) is 3.52. The van der Waals surface area contributed by atoms with Crippen LogP contribution in [0.3, 0.4) is 0 Å². The molecule has 3 heterocycles. The molecule has 0 saturated carbocycles. The highest BCUT2D eigenvalue weighted by Crippen LogP contribution is 2.32. The van der Waals surface area contributed by atoms with E-state index in [2.05, 4.69) is 10.6 Å². The highest BCUT2D eigenvalue weighted by Gasteiger charge is 2.35. The maximum Gasteiger partial charge on any atom is 0.237 e. The third-order valence-corrected chi connectivity index (χ3v) is 7.17. The molecule has 2 bridgehead atoms. The van der Waals surface area contributed by atoms with Gasteiger partial charge < -0.3 is 29.9 Å². The third-order valence-electron chi connectivity index (χ3n) is 7.17. The van der Waals surface area contributed by atoms with Crippen molar-refractivity contribution in [2.75, 3.05) is 39.5 Å². The summed E-state index contributed by atoms with van der Waals surface area (Å²) in [5.41, 5.74) is 1.05. The molecule has 1 aromatic carbocycles. The number of amides is 3. The van der Waals surface area contributed by atoms with Crippen LogP contribution in [0.2, 0.25) is 0 Å². The Labute approximate surface area is 213 Å². The Morgan fingerprint density at radius 1 is 1.06 bits per heavy atom. The number of carbonyl (C=O) groups is 3. The Morgan fingerprint density at radius 2 is 1.86 bits per heavy atom. The molecule has 2 saturated heterocycles. The summed E-state index contributed by atoms with van der Waals surface area (Å²) in [5, 5.41) is 6.32. The fourth-order valence-electron chi connectivity index (χ4n) is 5.19. The first kappa shape index (κ1) is 26.3. The summed E-state index contributed by atoms with van der Waals surface area (Å²) in [6.07, 6.45) is 4.56. The topological polar surface area (TPSA) is 100 Å². The van der Waals surface area contributed by atoms with Crippen molar-refractivity contribution in [3.63, 3.8) is 0 Å². The van der Waals surface area contributed by atoms with E-state index in [0.717, 1.165) is 36.3 Å². The van der Waals surface area contributed by atoms with Gasteiger partial charge in [-0.15, -0.1) is 0 Å². The van der Waals surface area contributed by atoms with Gasteiger partial charge in [-0.2, -0.15) is 0 Å². The lowest BCUT2D eigenvalue weighted by Crippen LogP contribution is -2.44. The van der Waals surface area contributed by atoms with E-state index in [1.807, 2.05) is 41.8 Å². The smallest absolute Gasteiger partial charge is 0.237 e. The van der Waals surface area contributed by atoms with Gasteiger partial charge in [0.05, 0.1) is 6.04 Å². The molecule has 2 N–H and O–H groups in total. The first-order valence-corrected chi connectivity index (χ1v) is 13.4. The van der Waals surface area contributed by atoms with Crippen molar-refractivity contribution in [1.82, 2.24) is 20.4 Å². The van der Waals surface area contributed by atoms with Gasteiger partial charge in [0.25, 0.3) is 0 Å². The predicted molar refractivity (Wildman–Crippen MR) is 136 cm³/mol. The quantitative estimate of drug-likeness (QED) is 0.642. The second-order valence-electron chi connectivity index (χ2n) is 10.5. The molecule has 0 radical (unpaired) electrons. The SMILES string of the molecule is CC(C)CC(=O)N1CCCN(C(=O)CCc2ccc3c(c2)OCO3)CCCCNC(=O)[C@@H]2C[C@H]1CN2. The molecule has 4 rings (SSSR count). The molecule has 9 heteroatoms. The molecular weight excluding hydrogens is 460 g/mol. The van der Waals surface area contributed by atoms with Crippen molar-refractivity contribution in [3.8, 4) is 11.5 Å². The minimum Gasteiger partial charge on any atom is -0.454 e. The number of carbonyl (C=O) groups excluding carboxylic acids is 3. The van der Waals surface area contributed by atoms with Crippen LogP contribution in [0.5, 0.6) is 11.5 Å². The largest absolute Gasteiger partial charge is 0.454 e. The van der Waals surface area contributed by atoms with E-state index in [1.54, 1.807) is 0 Å². The van der Waals surface area contributed by atoms with Crippen molar-refractivity contribution < 1.29 is 23.9 Å². The Morgan fingerprint density at radius 3 is 2.69 bits per heavy atom. The van der Waals surface area contributed by atoms with Crippen LogP contribution in [-0.4, -0.2) is 79.1 Å². The lowest BCUT2D eigenvalue weighted by Gasteiger charge is -2.31. The second-order valence-corrected chi connectivity index (χ2v) is 10.5. The fourth-order valence-corrected chi connectivity index (χ4v) is 5.19. The van der Waals surface area contributed by atoms with Crippen LogP contribution >= 0.6 is 0 Å². The summed E-state index contributed by atoms with van der Waals surface area (Å²) in [6.45, 7) is 7.43. The van der Waals surface area contributed by atoms with Crippen molar-refractivity contribution >= 4 is 17.7 Å². The number of nitrogens with zero attached hydrogens (tertiary/aromatic N) is 2. The van der Waals surface area contributed by atoms with E-state index in [-0.39, 0.29) is 42.5 Å². The van der Waals surface area contributed by atoms with Crippen LogP contribution in [-0.2, 0) is 20.8 Å². The fraction of sp³-hybridized carbons (Fsp3) is 0.667. The van der Waals surface area contributed by atoms with Gasteiger partial charge in [0, 0.05) is 51.6 Å². The van der Waals surface area contributed by atoms with Gasteiger partial charge in [0.1, 0.15) is 0 Å². The number of hydrogen-bond acceptors (Lipinski definition) is 6. The van der Waals surface area contributed by atoms with Crippen molar-refractivity contribution in [2.24, 2.45) is 5.92 Å².